The van der Waals surface area contributed by atoms with Crippen LogP contribution in [0.3, 0.4) is 0 Å². The molecule has 3 nitrogen and oxygen atoms in total. The van der Waals surface area contributed by atoms with Gasteiger partial charge < -0.3 is 9.88 Å². The van der Waals surface area contributed by atoms with Crippen molar-refractivity contribution in [3.63, 3.8) is 0 Å². The number of nitrogens with zero attached hydrogens (tertiary/aromatic N) is 2. The van der Waals surface area contributed by atoms with Crippen LogP contribution < -0.4 is 5.32 Å². The minimum absolute atomic E-state index is 0.808. The summed E-state index contributed by atoms with van der Waals surface area (Å²) in [6.07, 6.45) is 1.94. The molecule has 0 bridgehead atoms. The first-order valence-electron chi connectivity index (χ1n) is 3.06. The van der Waals surface area contributed by atoms with Gasteiger partial charge in [0.15, 0.2) is 0 Å². The maximum Gasteiger partial charge on any atom is 0.124 e. The summed E-state index contributed by atoms with van der Waals surface area (Å²) in [5.74, 6) is 1.04. The summed E-state index contributed by atoms with van der Waals surface area (Å²) in [7, 11) is 3.88. The number of aryl methyl sites for hydroxylation is 1. The number of aromatic nitrogens is 2. The zero-order chi connectivity index (χ0) is 7.56. The zero-order valence-corrected chi connectivity index (χ0v) is 7.64. The Balaban J connectivity index is 2.81. The summed E-state index contributed by atoms with van der Waals surface area (Å²) >= 11 is 3.29. The SMILES string of the molecule is CNCc1nc(Br)cn1C. The van der Waals surface area contributed by atoms with E-state index in [9.17, 15) is 0 Å². The summed E-state index contributed by atoms with van der Waals surface area (Å²) in [5.41, 5.74) is 0. The molecule has 4 heteroatoms. The maximum absolute atomic E-state index is 4.22. The molecule has 1 heterocycles. The van der Waals surface area contributed by atoms with E-state index in [1.54, 1.807) is 0 Å². The molecule has 0 unspecified atom stereocenters. The Morgan fingerprint density at radius 1 is 1.80 bits per heavy atom. The van der Waals surface area contributed by atoms with Gasteiger partial charge in [0.25, 0.3) is 0 Å². The molecule has 0 atom stereocenters. The lowest BCUT2D eigenvalue weighted by molar-refractivity contribution is 0.709. The summed E-state index contributed by atoms with van der Waals surface area (Å²) in [5, 5.41) is 3.03. The molecular weight excluding hydrogens is 194 g/mol. The Kier molecular flexibility index (Phi) is 2.45. The van der Waals surface area contributed by atoms with Gasteiger partial charge >= 0.3 is 0 Å². The Morgan fingerprint density at radius 2 is 2.50 bits per heavy atom. The van der Waals surface area contributed by atoms with Gasteiger partial charge in [0.1, 0.15) is 10.4 Å². The first-order chi connectivity index (χ1) is 4.74. The smallest absolute Gasteiger partial charge is 0.124 e. The molecule has 0 aliphatic rings. The second-order valence-corrected chi connectivity index (χ2v) is 2.93. The largest absolute Gasteiger partial charge is 0.336 e. The molecule has 0 radical (unpaired) electrons. The molecule has 10 heavy (non-hydrogen) atoms. The molecule has 0 saturated carbocycles. The van der Waals surface area contributed by atoms with E-state index in [0.717, 1.165) is 17.0 Å². The van der Waals surface area contributed by atoms with Crippen molar-refractivity contribution in [3.8, 4) is 0 Å². The van der Waals surface area contributed by atoms with Crippen molar-refractivity contribution in [1.29, 1.82) is 0 Å². The third kappa shape index (κ3) is 1.58. The van der Waals surface area contributed by atoms with Gasteiger partial charge in [-0.1, -0.05) is 0 Å². The third-order valence-corrected chi connectivity index (χ3v) is 1.66. The van der Waals surface area contributed by atoms with Gasteiger partial charge in [0.05, 0.1) is 6.54 Å². The molecule has 0 saturated heterocycles. The molecule has 0 aromatic carbocycles. The van der Waals surface area contributed by atoms with Gasteiger partial charge in [-0.3, -0.25) is 0 Å². The van der Waals surface area contributed by atoms with Crippen molar-refractivity contribution < 1.29 is 0 Å². The first-order valence-corrected chi connectivity index (χ1v) is 3.85. The zero-order valence-electron chi connectivity index (χ0n) is 6.06. The van der Waals surface area contributed by atoms with Gasteiger partial charge in [-0.05, 0) is 23.0 Å². The summed E-state index contributed by atoms with van der Waals surface area (Å²) in [6.45, 7) is 0.808. The molecule has 0 aliphatic heterocycles. The highest BCUT2D eigenvalue weighted by Crippen LogP contribution is 2.07. The predicted octanol–water partition coefficient (Wildman–Crippen LogP) is 0.902. The van der Waals surface area contributed by atoms with Crippen LogP contribution in [0.25, 0.3) is 0 Å². The minimum atomic E-state index is 0.808. The Labute approximate surface area is 68.6 Å². The Hall–Kier alpha value is -0.350. The van der Waals surface area contributed by atoms with E-state index in [0.29, 0.717) is 0 Å². The van der Waals surface area contributed by atoms with Crippen LogP contribution in [0.4, 0.5) is 0 Å². The standard InChI is InChI=1S/C6H10BrN3/c1-8-3-6-9-5(7)4-10(6)2/h4,8H,3H2,1-2H3. The van der Waals surface area contributed by atoms with Gasteiger partial charge in [-0.2, -0.15) is 0 Å². The van der Waals surface area contributed by atoms with Crippen LogP contribution in [0.1, 0.15) is 5.82 Å². The molecule has 1 N–H and O–H groups in total. The van der Waals surface area contributed by atoms with E-state index in [1.807, 2.05) is 24.9 Å². The van der Waals surface area contributed by atoms with E-state index >= 15 is 0 Å². The lowest BCUT2D eigenvalue weighted by Gasteiger charge is -1.97. The topological polar surface area (TPSA) is 29.9 Å². The van der Waals surface area contributed by atoms with E-state index in [-0.39, 0.29) is 0 Å². The van der Waals surface area contributed by atoms with E-state index in [2.05, 4.69) is 26.2 Å². The van der Waals surface area contributed by atoms with Crippen molar-refractivity contribution in [2.75, 3.05) is 7.05 Å². The average molecular weight is 204 g/mol. The highest BCUT2D eigenvalue weighted by atomic mass is 79.9. The molecule has 1 rings (SSSR count). The van der Waals surface area contributed by atoms with Crippen LogP contribution in [0.15, 0.2) is 10.8 Å². The van der Waals surface area contributed by atoms with Crippen LogP contribution in [-0.2, 0) is 13.6 Å². The van der Waals surface area contributed by atoms with Crippen LogP contribution in [0.2, 0.25) is 0 Å². The second-order valence-electron chi connectivity index (χ2n) is 2.12. The second kappa shape index (κ2) is 3.16. The Morgan fingerprint density at radius 3 is 2.90 bits per heavy atom. The third-order valence-electron chi connectivity index (χ3n) is 1.28. The minimum Gasteiger partial charge on any atom is -0.336 e. The van der Waals surface area contributed by atoms with Crippen LogP contribution in [0.5, 0.6) is 0 Å². The number of nitrogens with one attached hydrogen (secondary N) is 1. The van der Waals surface area contributed by atoms with Crippen LogP contribution >= 0.6 is 15.9 Å². The number of imidazole rings is 1. The molecule has 0 aliphatic carbocycles. The number of rotatable bonds is 2. The molecule has 0 fully saturated rings. The van der Waals surface area contributed by atoms with Crippen molar-refractivity contribution in [2.24, 2.45) is 7.05 Å². The fraction of sp³-hybridized carbons (Fsp3) is 0.500. The maximum atomic E-state index is 4.22. The van der Waals surface area contributed by atoms with Gasteiger partial charge in [-0.15, -0.1) is 0 Å². The fourth-order valence-electron chi connectivity index (χ4n) is 0.788. The van der Waals surface area contributed by atoms with Gasteiger partial charge in [0.2, 0.25) is 0 Å². The first kappa shape index (κ1) is 7.75. The normalized spacial score (nSPS) is 10.3. The number of hydrogen-bond acceptors (Lipinski definition) is 2. The number of hydrogen-bond donors (Lipinski definition) is 1. The lowest BCUT2D eigenvalue weighted by atomic mass is 10.6. The van der Waals surface area contributed by atoms with E-state index < -0.39 is 0 Å². The molecule has 1 aromatic rings. The van der Waals surface area contributed by atoms with Crippen molar-refractivity contribution in [1.82, 2.24) is 14.9 Å². The molecular formula is C6H10BrN3. The van der Waals surface area contributed by atoms with Crippen LogP contribution in [0, 0.1) is 0 Å². The van der Waals surface area contributed by atoms with Crippen LogP contribution in [-0.4, -0.2) is 16.6 Å². The lowest BCUT2D eigenvalue weighted by Crippen LogP contribution is -2.09. The summed E-state index contributed by atoms with van der Waals surface area (Å²) < 4.78 is 2.88. The molecule has 0 spiro atoms. The highest BCUT2D eigenvalue weighted by molar-refractivity contribution is 9.10. The quantitative estimate of drug-likeness (QED) is 0.775. The van der Waals surface area contributed by atoms with E-state index in [4.69, 9.17) is 0 Å². The summed E-state index contributed by atoms with van der Waals surface area (Å²) in [4.78, 5) is 4.22. The van der Waals surface area contributed by atoms with Gasteiger partial charge in [0, 0.05) is 13.2 Å². The monoisotopic (exact) mass is 203 g/mol. The molecule has 56 valence electrons. The van der Waals surface area contributed by atoms with Gasteiger partial charge in [-0.25, -0.2) is 4.98 Å². The molecule has 0 amide bonds. The van der Waals surface area contributed by atoms with Crippen molar-refractivity contribution in [2.45, 2.75) is 6.54 Å². The molecule has 1 aromatic heterocycles. The fourth-order valence-corrected chi connectivity index (χ4v) is 1.30. The Bertz CT molecular complexity index is 219. The number of halogens is 1. The highest BCUT2D eigenvalue weighted by Gasteiger charge is 1.99. The van der Waals surface area contributed by atoms with Crippen molar-refractivity contribution in [3.05, 3.63) is 16.6 Å². The predicted molar refractivity (Wildman–Crippen MR) is 43.7 cm³/mol. The van der Waals surface area contributed by atoms with Crippen molar-refractivity contribution >= 4 is 15.9 Å². The average Bonchev–Trinajstić information content (AvgIpc) is 2.13. The summed E-state index contributed by atoms with van der Waals surface area (Å²) in [6, 6.07) is 0. The van der Waals surface area contributed by atoms with E-state index in [1.165, 1.54) is 0 Å².